The van der Waals surface area contributed by atoms with Gasteiger partial charge < -0.3 is 0 Å². The largest absolute Gasteiger partial charge is 0.299 e. The first kappa shape index (κ1) is 13.0. The molecule has 1 unspecified atom stereocenters. The lowest BCUT2D eigenvalue weighted by atomic mass is 9.89. The molecule has 0 saturated carbocycles. The molecule has 1 atom stereocenters. The van der Waals surface area contributed by atoms with Crippen LogP contribution in [0, 0.1) is 0 Å². The Morgan fingerprint density at radius 1 is 1.11 bits per heavy atom. The molecule has 0 fully saturated rings. The third-order valence-electron chi connectivity index (χ3n) is 3.02. The highest BCUT2D eigenvalue weighted by molar-refractivity contribution is 9.10. The van der Waals surface area contributed by atoms with E-state index < -0.39 is 0 Å². The quantitative estimate of drug-likeness (QED) is 0.820. The zero-order chi connectivity index (χ0) is 13.0. The van der Waals surface area contributed by atoms with Crippen LogP contribution in [0.2, 0.25) is 0 Å². The van der Waals surface area contributed by atoms with Crippen LogP contribution in [0.5, 0.6) is 0 Å². The van der Waals surface area contributed by atoms with Crippen molar-refractivity contribution in [2.24, 2.45) is 0 Å². The fourth-order valence-electron chi connectivity index (χ4n) is 2.08. The van der Waals surface area contributed by atoms with Gasteiger partial charge in [0.25, 0.3) is 0 Å². The Morgan fingerprint density at radius 2 is 1.83 bits per heavy atom. The number of carbonyl (C=O) groups is 1. The average Bonchev–Trinajstić information content (AvgIpc) is 2.37. The number of carbonyl (C=O) groups excluding carboxylic acids is 1. The lowest BCUT2D eigenvalue weighted by Crippen LogP contribution is -2.11. The molecule has 0 aliphatic carbocycles. The molecule has 2 heteroatoms. The summed E-state index contributed by atoms with van der Waals surface area (Å²) in [6.45, 7) is 1.66. The molecule has 0 aliphatic rings. The molecule has 1 nitrogen and oxygen atoms in total. The van der Waals surface area contributed by atoms with Crippen LogP contribution in [0.3, 0.4) is 0 Å². The zero-order valence-corrected chi connectivity index (χ0v) is 11.9. The molecule has 0 aliphatic heterocycles. The monoisotopic (exact) mass is 302 g/mol. The van der Waals surface area contributed by atoms with Crippen molar-refractivity contribution in [3.8, 4) is 0 Å². The second-order valence-electron chi connectivity index (χ2n) is 4.41. The van der Waals surface area contributed by atoms with Gasteiger partial charge in [-0.3, -0.25) is 4.79 Å². The second-order valence-corrected chi connectivity index (χ2v) is 5.32. The number of hydrogen-bond acceptors (Lipinski definition) is 1. The minimum absolute atomic E-state index is 0.0551. The van der Waals surface area contributed by atoms with E-state index in [4.69, 9.17) is 0 Å². The van der Waals surface area contributed by atoms with Gasteiger partial charge in [0, 0.05) is 10.4 Å². The lowest BCUT2D eigenvalue weighted by molar-refractivity contribution is -0.118. The summed E-state index contributed by atoms with van der Waals surface area (Å²) in [7, 11) is 0. The van der Waals surface area contributed by atoms with E-state index in [1.807, 2.05) is 42.5 Å². The van der Waals surface area contributed by atoms with Gasteiger partial charge in [0.05, 0.1) is 0 Å². The van der Waals surface area contributed by atoms with Gasteiger partial charge >= 0.3 is 0 Å². The number of ketones is 1. The fourth-order valence-corrected chi connectivity index (χ4v) is 2.53. The minimum Gasteiger partial charge on any atom is -0.299 e. The van der Waals surface area contributed by atoms with Gasteiger partial charge in [-0.15, -0.1) is 0 Å². The number of halogens is 1. The Balaban J connectivity index is 2.25. The maximum absolute atomic E-state index is 11.8. The van der Waals surface area contributed by atoms with Crippen LogP contribution in [0.1, 0.15) is 24.0 Å². The molecule has 0 spiro atoms. The van der Waals surface area contributed by atoms with E-state index in [-0.39, 0.29) is 11.7 Å². The lowest BCUT2D eigenvalue weighted by Gasteiger charge is -2.14. The SMILES string of the molecule is CC(=O)C(Cc1cccc(Br)c1)c1ccccc1. The van der Waals surface area contributed by atoms with Crippen molar-refractivity contribution in [3.05, 3.63) is 70.2 Å². The van der Waals surface area contributed by atoms with Crippen molar-refractivity contribution in [1.29, 1.82) is 0 Å². The van der Waals surface area contributed by atoms with E-state index in [1.165, 1.54) is 5.56 Å². The maximum atomic E-state index is 11.8. The topological polar surface area (TPSA) is 17.1 Å². The van der Waals surface area contributed by atoms with Gasteiger partial charge in [-0.1, -0.05) is 58.4 Å². The Labute approximate surface area is 116 Å². The van der Waals surface area contributed by atoms with Gasteiger partial charge in [-0.2, -0.15) is 0 Å². The summed E-state index contributed by atoms with van der Waals surface area (Å²) < 4.78 is 1.05. The summed E-state index contributed by atoms with van der Waals surface area (Å²) in [5.74, 6) is 0.154. The number of Topliss-reactive ketones (excluding diaryl/α,β-unsaturated/α-hetero) is 1. The van der Waals surface area contributed by atoms with Crippen LogP contribution in [-0.2, 0) is 11.2 Å². The van der Waals surface area contributed by atoms with Crippen LogP contribution < -0.4 is 0 Å². The Hall–Kier alpha value is -1.41. The summed E-state index contributed by atoms with van der Waals surface area (Å²) in [5.41, 5.74) is 2.26. The predicted molar refractivity (Wildman–Crippen MR) is 77.7 cm³/mol. The summed E-state index contributed by atoms with van der Waals surface area (Å²) >= 11 is 3.46. The van der Waals surface area contributed by atoms with Gasteiger partial charge in [0.15, 0.2) is 0 Å². The molecule has 2 rings (SSSR count). The molecule has 0 saturated heterocycles. The van der Waals surface area contributed by atoms with Crippen molar-refractivity contribution in [1.82, 2.24) is 0 Å². The summed E-state index contributed by atoms with van der Waals surface area (Å²) in [5, 5.41) is 0. The zero-order valence-electron chi connectivity index (χ0n) is 10.3. The van der Waals surface area contributed by atoms with E-state index in [0.29, 0.717) is 0 Å². The molecule has 0 amide bonds. The van der Waals surface area contributed by atoms with Crippen molar-refractivity contribution >= 4 is 21.7 Å². The van der Waals surface area contributed by atoms with E-state index in [0.717, 1.165) is 16.5 Å². The van der Waals surface area contributed by atoms with E-state index in [9.17, 15) is 4.79 Å². The van der Waals surface area contributed by atoms with Crippen LogP contribution in [-0.4, -0.2) is 5.78 Å². The number of hydrogen-bond donors (Lipinski definition) is 0. The molecular formula is C16H15BrO. The molecule has 92 valence electrons. The van der Waals surface area contributed by atoms with Crippen molar-refractivity contribution < 1.29 is 4.79 Å². The summed E-state index contributed by atoms with van der Waals surface area (Å²) in [4.78, 5) is 11.8. The highest BCUT2D eigenvalue weighted by Crippen LogP contribution is 2.23. The average molecular weight is 303 g/mol. The van der Waals surface area contributed by atoms with Crippen LogP contribution in [0.15, 0.2) is 59.1 Å². The van der Waals surface area contributed by atoms with Crippen LogP contribution in [0.4, 0.5) is 0 Å². The molecule has 0 radical (unpaired) electrons. The van der Waals surface area contributed by atoms with Crippen LogP contribution in [0.25, 0.3) is 0 Å². The molecule has 2 aromatic carbocycles. The van der Waals surface area contributed by atoms with Crippen molar-refractivity contribution in [2.75, 3.05) is 0 Å². The molecule has 18 heavy (non-hydrogen) atoms. The smallest absolute Gasteiger partial charge is 0.137 e. The standard InChI is InChI=1S/C16H15BrO/c1-12(18)16(14-7-3-2-4-8-14)11-13-6-5-9-15(17)10-13/h2-10,16H,11H2,1H3. The molecule has 0 bridgehead atoms. The summed E-state index contributed by atoms with van der Waals surface area (Å²) in [6, 6.07) is 18.1. The van der Waals surface area contributed by atoms with Crippen molar-refractivity contribution in [2.45, 2.75) is 19.3 Å². The van der Waals surface area contributed by atoms with E-state index in [1.54, 1.807) is 6.92 Å². The third kappa shape index (κ3) is 3.30. The third-order valence-corrected chi connectivity index (χ3v) is 3.51. The van der Waals surface area contributed by atoms with E-state index in [2.05, 4.69) is 28.1 Å². The molecule has 2 aromatic rings. The first-order valence-corrected chi connectivity index (χ1v) is 6.76. The van der Waals surface area contributed by atoms with Crippen molar-refractivity contribution in [3.63, 3.8) is 0 Å². The van der Waals surface area contributed by atoms with Gasteiger partial charge in [-0.25, -0.2) is 0 Å². The molecule has 0 aromatic heterocycles. The maximum Gasteiger partial charge on any atom is 0.137 e. The Kier molecular flexibility index (Phi) is 4.32. The molecule has 0 heterocycles. The second kappa shape index (κ2) is 5.96. The first-order chi connectivity index (χ1) is 8.66. The van der Waals surface area contributed by atoms with Crippen LogP contribution >= 0.6 is 15.9 Å². The molecule has 0 N–H and O–H groups in total. The van der Waals surface area contributed by atoms with Gasteiger partial charge in [-0.05, 0) is 36.6 Å². The first-order valence-electron chi connectivity index (χ1n) is 5.96. The van der Waals surface area contributed by atoms with E-state index >= 15 is 0 Å². The number of rotatable bonds is 4. The van der Waals surface area contributed by atoms with Gasteiger partial charge in [0.1, 0.15) is 5.78 Å². The number of benzene rings is 2. The van der Waals surface area contributed by atoms with Gasteiger partial charge in [0.2, 0.25) is 0 Å². The normalized spacial score (nSPS) is 12.1. The highest BCUT2D eigenvalue weighted by atomic mass is 79.9. The summed E-state index contributed by atoms with van der Waals surface area (Å²) in [6.07, 6.45) is 0.749. The Bertz CT molecular complexity index is 534. The molecular weight excluding hydrogens is 288 g/mol. The Morgan fingerprint density at radius 3 is 2.44 bits per heavy atom. The predicted octanol–water partition coefficient (Wildman–Crippen LogP) is 4.36. The fraction of sp³-hybridized carbons (Fsp3) is 0.188. The highest BCUT2D eigenvalue weighted by Gasteiger charge is 2.16. The minimum atomic E-state index is -0.0551.